The third kappa shape index (κ3) is 3.57. The number of methoxy groups -OCH3 is 1. The van der Waals surface area contributed by atoms with Crippen molar-refractivity contribution in [3.63, 3.8) is 0 Å². The van der Waals surface area contributed by atoms with Gasteiger partial charge in [-0.25, -0.2) is 9.67 Å². The molecule has 0 unspecified atom stereocenters. The van der Waals surface area contributed by atoms with Crippen molar-refractivity contribution in [3.8, 4) is 17.1 Å². The van der Waals surface area contributed by atoms with Crippen LogP contribution in [0.15, 0.2) is 53.5 Å². The molecule has 27 heavy (non-hydrogen) atoms. The number of nitrogens with one attached hydrogen (secondary N) is 1. The number of ketones is 1. The van der Waals surface area contributed by atoms with Crippen LogP contribution in [0.4, 0.5) is 11.4 Å². The molecule has 0 saturated carbocycles. The summed E-state index contributed by atoms with van der Waals surface area (Å²) in [5, 5.41) is 7.47. The molecule has 1 aromatic carbocycles. The molecule has 0 radical (unpaired) electrons. The molecule has 7 nitrogen and oxygen atoms in total. The first kappa shape index (κ1) is 18.3. The number of anilines is 2. The first-order valence-corrected chi connectivity index (χ1v) is 8.54. The average molecular weight is 364 g/mol. The molecule has 0 bridgehead atoms. The Bertz CT molecular complexity index is 1030. The van der Waals surface area contributed by atoms with Crippen LogP contribution in [-0.2, 0) is 6.54 Å². The Kier molecular flexibility index (Phi) is 5.30. The van der Waals surface area contributed by atoms with Crippen LogP contribution in [0.3, 0.4) is 0 Å². The molecule has 0 spiro atoms. The lowest BCUT2D eigenvalue weighted by Crippen LogP contribution is -2.28. The maximum absolute atomic E-state index is 12.9. The largest absolute Gasteiger partial charge is 0.480 e. The fourth-order valence-corrected chi connectivity index (χ4v) is 2.82. The number of nitrogens with zero attached hydrogens (tertiary/aromatic N) is 3. The van der Waals surface area contributed by atoms with Crippen molar-refractivity contribution >= 4 is 17.2 Å². The molecule has 2 heterocycles. The van der Waals surface area contributed by atoms with Crippen LogP contribution >= 0.6 is 0 Å². The van der Waals surface area contributed by atoms with Gasteiger partial charge in [0.05, 0.1) is 12.7 Å². The Labute approximate surface area is 156 Å². The van der Waals surface area contributed by atoms with E-state index in [9.17, 15) is 9.59 Å². The Hall–Kier alpha value is -3.48. The van der Waals surface area contributed by atoms with E-state index in [0.717, 1.165) is 5.56 Å². The fourth-order valence-electron chi connectivity index (χ4n) is 2.82. The van der Waals surface area contributed by atoms with E-state index in [4.69, 9.17) is 4.74 Å². The molecule has 1 N–H and O–H groups in total. The van der Waals surface area contributed by atoms with Crippen molar-refractivity contribution in [3.05, 3.63) is 64.6 Å². The van der Waals surface area contributed by atoms with Gasteiger partial charge >= 0.3 is 0 Å². The SMILES string of the molecule is CCn1nc(-c2ccccc2)c(C(C)=O)c(Nc2cccnc2OC)c1=O. The predicted octanol–water partition coefficient (Wildman–Crippen LogP) is 3.28. The van der Waals surface area contributed by atoms with Crippen molar-refractivity contribution in [1.82, 2.24) is 14.8 Å². The lowest BCUT2D eigenvalue weighted by Gasteiger charge is -2.16. The molecule has 0 fully saturated rings. The minimum Gasteiger partial charge on any atom is -0.480 e. The zero-order valence-corrected chi connectivity index (χ0v) is 15.4. The Balaban J connectivity index is 2.29. The third-order valence-electron chi connectivity index (χ3n) is 4.08. The number of ether oxygens (including phenoxy) is 1. The number of aryl methyl sites for hydroxylation is 1. The second-order valence-corrected chi connectivity index (χ2v) is 5.83. The lowest BCUT2D eigenvalue weighted by atomic mass is 10.0. The fraction of sp³-hybridized carbons (Fsp3) is 0.200. The van der Waals surface area contributed by atoms with Gasteiger partial charge in [-0.2, -0.15) is 5.10 Å². The number of rotatable bonds is 6. The lowest BCUT2D eigenvalue weighted by molar-refractivity contribution is 0.101. The molecule has 3 rings (SSSR count). The molecule has 0 amide bonds. The van der Waals surface area contributed by atoms with Crippen molar-refractivity contribution < 1.29 is 9.53 Å². The molecular weight excluding hydrogens is 344 g/mol. The predicted molar refractivity (Wildman–Crippen MR) is 104 cm³/mol. The topological polar surface area (TPSA) is 86.1 Å². The Morgan fingerprint density at radius 3 is 2.56 bits per heavy atom. The van der Waals surface area contributed by atoms with Crippen LogP contribution in [-0.4, -0.2) is 27.7 Å². The normalized spacial score (nSPS) is 10.5. The summed E-state index contributed by atoms with van der Waals surface area (Å²) < 4.78 is 6.58. The number of pyridine rings is 1. The molecular formula is C20H20N4O3. The number of aromatic nitrogens is 3. The van der Waals surface area contributed by atoms with Gasteiger partial charge in [0, 0.05) is 18.3 Å². The summed E-state index contributed by atoms with van der Waals surface area (Å²) in [5.74, 6) is 0.0691. The van der Waals surface area contributed by atoms with E-state index < -0.39 is 0 Å². The number of benzene rings is 1. The summed E-state index contributed by atoms with van der Waals surface area (Å²) in [6.07, 6.45) is 1.59. The number of carbonyl (C=O) groups is 1. The van der Waals surface area contributed by atoms with Gasteiger partial charge < -0.3 is 10.1 Å². The van der Waals surface area contributed by atoms with E-state index in [1.807, 2.05) is 37.3 Å². The van der Waals surface area contributed by atoms with Gasteiger partial charge in [0.2, 0.25) is 5.88 Å². The highest BCUT2D eigenvalue weighted by molar-refractivity contribution is 6.05. The van der Waals surface area contributed by atoms with Crippen molar-refractivity contribution in [2.24, 2.45) is 0 Å². The quantitative estimate of drug-likeness (QED) is 0.676. The number of Topliss-reactive ketones (excluding diaryl/α,β-unsaturated/α-hetero) is 1. The van der Waals surface area contributed by atoms with Crippen molar-refractivity contribution in [2.45, 2.75) is 20.4 Å². The van der Waals surface area contributed by atoms with E-state index in [0.29, 0.717) is 23.8 Å². The zero-order valence-electron chi connectivity index (χ0n) is 15.4. The second-order valence-electron chi connectivity index (χ2n) is 5.83. The van der Waals surface area contributed by atoms with Gasteiger partial charge in [0.15, 0.2) is 5.78 Å². The van der Waals surface area contributed by atoms with Crippen molar-refractivity contribution in [2.75, 3.05) is 12.4 Å². The average Bonchev–Trinajstić information content (AvgIpc) is 2.70. The van der Waals surface area contributed by atoms with Gasteiger partial charge in [0.25, 0.3) is 5.56 Å². The summed E-state index contributed by atoms with van der Waals surface area (Å²) in [6.45, 7) is 3.62. The number of carbonyl (C=O) groups excluding carboxylic acids is 1. The van der Waals surface area contributed by atoms with E-state index in [1.165, 1.54) is 18.7 Å². The molecule has 0 aliphatic carbocycles. The van der Waals surface area contributed by atoms with Gasteiger partial charge in [-0.05, 0) is 26.0 Å². The number of hydrogen-bond acceptors (Lipinski definition) is 6. The second kappa shape index (κ2) is 7.82. The van der Waals surface area contributed by atoms with Crippen LogP contribution in [0.5, 0.6) is 5.88 Å². The molecule has 7 heteroatoms. The minimum absolute atomic E-state index is 0.157. The van der Waals surface area contributed by atoms with Crippen LogP contribution < -0.4 is 15.6 Å². The van der Waals surface area contributed by atoms with Crippen LogP contribution in [0, 0.1) is 0 Å². The highest BCUT2D eigenvalue weighted by Gasteiger charge is 2.22. The summed E-state index contributed by atoms with van der Waals surface area (Å²) in [6, 6.07) is 12.8. The smallest absolute Gasteiger partial charge is 0.291 e. The van der Waals surface area contributed by atoms with E-state index in [1.54, 1.807) is 18.3 Å². The molecule has 0 aliphatic rings. The molecule has 0 aliphatic heterocycles. The van der Waals surface area contributed by atoms with Crippen molar-refractivity contribution in [1.29, 1.82) is 0 Å². The maximum Gasteiger partial charge on any atom is 0.291 e. The van der Waals surface area contributed by atoms with Gasteiger partial charge in [0.1, 0.15) is 17.1 Å². The van der Waals surface area contributed by atoms with Gasteiger partial charge in [-0.1, -0.05) is 30.3 Å². The standard InChI is InChI=1S/C20H20N4O3/c1-4-24-20(26)18(22-15-11-8-12-21-19(15)27-3)16(13(2)25)17(23-24)14-9-6-5-7-10-14/h5-12,22H,4H2,1-3H3. The molecule has 0 saturated heterocycles. The highest BCUT2D eigenvalue weighted by Crippen LogP contribution is 2.30. The Morgan fingerprint density at radius 1 is 1.19 bits per heavy atom. The summed E-state index contributed by atoms with van der Waals surface area (Å²) in [7, 11) is 1.49. The molecule has 2 aromatic heterocycles. The maximum atomic E-state index is 12.9. The van der Waals surface area contributed by atoms with Gasteiger partial charge in [-0.3, -0.25) is 9.59 Å². The summed E-state index contributed by atoms with van der Waals surface area (Å²) in [4.78, 5) is 29.5. The first-order valence-electron chi connectivity index (χ1n) is 8.54. The number of hydrogen-bond donors (Lipinski definition) is 1. The molecule has 138 valence electrons. The molecule has 0 atom stereocenters. The minimum atomic E-state index is -0.381. The third-order valence-corrected chi connectivity index (χ3v) is 4.08. The summed E-state index contributed by atoms with van der Waals surface area (Å²) in [5.41, 5.74) is 1.72. The van der Waals surface area contributed by atoms with Crippen LogP contribution in [0.1, 0.15) is 24.2 Å². The highest BCUT2D eigenvalue weighted by atomic mass is 16.5. The van der Waals surface area contributed by atoms with Crippen LogP contribution in [0.25, 0.3) is 11.3 Å². The van der Waals surface area contributed by atoms with Crippen LogP contribution in [0.2, 0.25) is 0 Å². The first-order chi connectivity index (χ1) is 13.1. The summed E-state index contributed by atoms with van der Waals surface area (Å²) >= 11 is 0. The monoisotopic (exact) mass is 364 g/mol. The van der Waals surface area contributed by atoms with E-state index in [-0.39, 0.29) is 22.6 Å². The van der Waals surface area contributed by atoms with E-state index in [2.05, 4.69) is 15.4 Å². The van der Waals surface area contributed by atoms with Gasteiger partial charge in [-0.15, -0.1) is 0 Å². The zero-order chi connectivity index (χ0) is 19.4. The molecule has 3 aromatic rings. The Morgan fingerprint density at radius 2 is 1.93 bits per heavy atom. The van der Waals surface area contributed by atoms with E-state index >= 15 is 0 Å².